The number of hydrogen-bond donors (Lipinski definition) is 2. The van der Waals surface area contributed by atoms with Crippen molar-refractivity contribution in [3.63, 3.8) is 0 Å². The molecule has 0 aromatic carbocycles. The van der Waals surface area contributed by atoms with Gasteiger partial charge in [0.25, 0.3) is 0 Å². The molecular weight excluding hydrogens is 282 g/mol. The number of carbonyl (C=O) groups is 1. The van der Waals surface area contributed by atoms with Gasteiger partial charge in [-0.05, 0) is 45.2 Å². The molecule has 1 unspecified atom stereocenters. The van der Waals surface area contributed by atoms with Crippen LogP contribution in [0.3, 0.4) is 0 Å². The summed E-state index contributed by atoms with van der Waals surface area (Å²) in [5.74, 6) is 0.762. The Kier molecular flexibility index (Phi) is 6.75. The number of hydrogen-bond acceptors (Lipinski definition) is 4. The lowest BCUT2D eigenvalue weighted by atomic mass is 10.0. The lowest BCUT2D eigenvalue weighted by Gasteiger charge is -2.06. The van der Waals surface area contributed by atoms with Crippen molar-refractivity contribution in [2.24, 2.45) is 5.92 Å². The maximum atomic E-state index is 11.8. The summed E-state index contributed by atoms with van der Waals surface area (Å²) >= 11 is 1.57. The van der Waals surface area contributed by atoms with Gasteiger partial charge in [0, 0.05) is 11.3 Å². The Morgan fingerprint density at radius 3 is 2.95 bits per heavy atom. The fourth-order valence-electron chi connectivity index (χ4n) is 2.29. The van der Waals surface area contributed by atoms with Crippen LogP contribution in [0, 0.1) is 12.8 Å². The Labute approximate surface area is 124 Å². The molecule has 0 bridgehead atoms. The van der Waals surface area contributed by atoms with E-state index in [-0.39, 0.29) is 18.3 Å². The Morgan fingerprint density at radius 1 is 1.58 bits per heavy atom. The van der Waals surface area contributed by atoms with E-state index in [0.29, 0.717) is 12.3 Å². The number of halogens is 1. The molecule has 0 radical (unpaired) electrons. The van der Waals surface area contributed by atoms with Crippen molar-refractivity contribution in [1.29, 1.82) is 0 Å². The van der Waals surface area contributed by atoms with Crippen molar-refractivity contribution < 1.29 is 4.79 Å². The molecule has 1 fully saturated rings. The van der Waals surface area contributed by atoms with Gasteiger partial charge in [0.05, 0.1) is 5.69 Å². The standard InChI is InChI=1S/C13H21N3OS.ClH/c1-3-11-9(2)18-13(15-11)16-12(17)5-4-10-6-7-14-8-10;/h10,14H,3-8H2,1-2H3,(H,15,16,17);1H. The SMILES string of the molecule is CCc1nc(NC(=O)CCC2CCNC2)sc1C.Cl. The minimum Gasteiger partial charge on any atom is -0.316 e. The van der Waals surface area contributed by atoms with Crippen molar-refractivity contribution >= 4 is 34.8 Å². The van der Waals surface area contributed by atoms with Gasteiger partial charge >= 0.3 is 0 Å². The van der Waals surface area contributed by atoms with Crippen LogP contribution in [0.2, 0.25) is 0 Å². The van der Waals surface area contributed by atoms with E-state index < -0.39 is 0 Å². The first-order chi connectivity index (χ1) is 8.69. The quantitative estimate of drug-likeness (QED) is 0.879. The van der Waals surface area contributed by atoms with Gasteiger partial charge in [0.15, 0.2) is 5.13 Å². The molecule has 1 aromatic rings. The zero-order valence-electron chi connectivity index (χ0n) is 11.5. The number of aryl methyl sites for hydroxylation is 2. The predicted octanol–water partition coefficient (Wildman–Crippen LogP) is 2.76. The molecule has 1 atom stereocenters. The number of nitrogens with zero attached hydrogens (tertiary/aromatic N) is 1. The van der Waals surface area contributed by atoms with Gasteiger partial charge in [-0.15, -0.1) is 23.7 Å². The monoisotopic (exact) mass is 303 g/mol. The van der Waals surface area contributed by atoms with Crippen molar-refractivity contribution in [2.45, 2.75) is 39.5 Å². The average Bonchev–Trinajstić information content (AvgIpc) is 2.96. The zero-order chi connectivity index (χ0) is 13.0. The highest BCUT2D eigenvalue weighted by atomic mass is 35.5. The first-order valence-corrected chi connectivity index (χ1v) is 7.47. The fourth-order valence-corrected chi connectivity index (χ4v) is 3.21. The van der Waals surface area contributed by atoms with E-state index in [2.05, 4.69) is 29.5 Å². The highest BCUT2D eigenvalue weighted by Crippen LogP contribution is 2.23. The molecule has 19 heavy (non-hydrogen) atoms. The summed E-state index contributed by atoms with van der Waals surface area (Å²) < 4.78 is 0. The normalized spacial score (nSPS) is 18.1. The van der Waals surface area contributed by atoms with Crippen LogP contribution < -0.4 is 10.6 Å². The van der Waals surface area contributed by atoms with E-state index in [9.17, 15) is 4.79 Å². The molecule has 1 aromatic heterocycles. The third kappa shape index (κ3) is 4.75. The lowest BCUT2D eigenvalue weighted by molar-refractivity contribution is -0.116. The van der Waals surface area contributed by atoms with Crippen LogP contribution in [0.25, 0.3) is 0 Å². The largest absolute Gasteiger partial charge is 0.316 e. The maximum Gasteiger partial charge on any atom is 0.226 e. The number of carbonyl (C=O) groups excluding carboxylic acids is 1. The van der Waals surface area contributed by atoms with Crippen LogP contribution in [-0.2, 0) is 11.2 Å². The third-order valence-electron chi connectivity index (χ3n) is 3.42. The Hall–Kier alpha value is -0.650. The first kappa shape index (κ1) is 16.4. The van der Waals surface area contributed by atoms with Gasteiger partial charge in [0.2, 0.25) is 5.91 Å². The Balaban J connectivity index is 0.00000180. The predicted molar refractivity (Wildman–Crippen MR) is 82.3 cm³/mol. The smallest absolute Gasteiger partial charge is 0.226 e. The molecule has 2 heterocycles. The number of anilines is 1. The minimum absolute atomic E-state index is 0. The van der Waals surface area contributed by atoms with Crippen molar-refractivity contribution in [3.8, 4) is 0 Å². The molecule has 1 amide bonds. The van der Waals surface area contributed by atoms with Crippen LogP contribution in [0.15, 0.2) is 0 Å². The summed E-state index contributed by atoms with van der Waals surface area (Å²) in [6.45, 7) is 6.29. The highest BCUT2D eigenvalue weighted by Gasteiger charge is 2.16. The van der Waals surface area contributed by atoms with Crippen LogP contribution in [0.5, 0.6) is 0 Å². The molecule has 0 saturated carbocycles. The highest BCUT2D eigenvalue weighted by molar-refractivity contribution is 7.15. The second-order valence-corrected chi connectivity index (χ2v) is 6.02. The third-order valence-corrected chi connectivity index (χ3v) is 4.34. The van der Waals surface area contributed by atoms with E-state index in [1.54, 1.807) is 11.3 Å². The number of amides is 1. The molecule has 0 spiro atoms. The molecular formula is C13H22ClN3OS. The lowest BCUT2D eigenvalue weighted by Crippen LogP contribution is -2.14. The number of nitrogens with one attached hydrogen (secondary N) is 2. The summed E-state index contributed by atoms with van der Waals surface area (Å²) in [7, 11) is 0. The molecule has 2 N–H and O–H groups in total. The molecule has 6 heteroatoms. The number of aromatic nitrogens is 1. The second kappa shape index (κ2) is 7.82. The topological polar surface area (TPSA) is 54.0 Å². The van der Waals surface area contributed by atoms with Crippen molar-refractivity contribution in [2.75, 3.05) is 18.4 Å². The van der Waals surface area contributed by atoms with E-state index in [1.807, 2.05) is 0 Å². The summed E-state index contributed by atoms with van der Waals surface area (Å²) in [6.07, 6.45) is 3.70. The minimum atomic E-state index is 0. The number of rotatable bonds is 5. The van der Waals surface area contributed by atoms with E-state index in [1.165, 1.54) is 11.3 Å². The van der Waals surface area contributed by atoms with Crippen LogP contribution >= 0.6 is 23.7 Å². The van der Waals surface area contributed by atoms with Gasteiger partial charge in [-0.2, -0.15) is 0 Å². The van der Waals surface area contributed by atoms with Crippen molar-refractivity contribution in [3.05, 3.63) is 10.6 Å². The van der Waals surface area contributed by atoms with Crippen molar-refractivity contribution in [1.82, 2.24) is 10.3 Å². The summed E-state index contributed by atoms with van der Waals surface area (Å²) in [5.41, 5.74) is 1.09. The van der Waals surface area contributed by atoms with E-state index >= 15 is 0 Å². The molecule has 108 valence electrons. The molecule has 1 aliphatic rings. The molecule has 4 nitrogen and oxygen atoms in total. The average molecular weight is 304 g/mol. The number of thiazole rings is 1. The van der Waals surface area contributed by atoms with E-state index in [4.69, 9.17) is 0 Å². The summed E-state index contributed by atoms with van der Waals surface area (Å²) in [4.78, 5) is 17.4. The van der Waals surface area contributed by atoms with Gasteiger partial charge in [-0.25, -0.2) is 4.98 Å². The van der Waals surface area contributed by atoms with Gasteiger partial charge in [0.1, 0.15) is 0 Å². The Morgan fingerprint density at radius 2 is 2.37 bits per heavy atom. The van der Waals surface area contributed by atoms with E-state index in [0.717, 1.165) is 36.8 Å². The summed E-state index contributed by atoms with van der Waals surface area (Å²) in [5, 5.41) is 6.98. The van der Waals surface area contributed by atoms with Crippen LogP contribution in [0.1, 0.15) is 36.8 Å². The van der Waals surface area contributed by atoms with Gasteiger partial charge in [-0.3, -0.25) is 4.79 Å². The Bertz CT molecular complexity index is 416. The van der Waals surface area contributed by atoms with Gasteiger partial charge in [-0.1, -0.05) is 6.92 Å². The second-order valence-electron chi connectivity index (χ2n) is 4.82. The molecule has 1 saturated heterocycles. The molecule has 1 aliphatic heterocycles. The molecule has 2 rings (SSSR count). The maximum absolute atomic E-state index is 11.8. The zero-order valence-corrected chi connectivity index (χ0v) is 13.1. The van der Waals surface area contributed by atoms with Gasteiger partial charge < -0.3 is 10.6 Å². The first-order valence-electron chi connectivity index (χ1n) is 6.66. The molecule has 0 aliphatic carbocycles. The summed E-state index contributed by atoms with van der Waals surface area (Å²) in [6, 6.07) is 0. The fraction of sp³-hybridized carbons (Fsp3) is 0.692. The van der Waals surface area contributed by atoms with Crippen LogP contribution in [-0.4, -0.2) is 24.0 Å². The van der Waals surface area contributed by atoms with Crippen LogP contribution in [0.4, 0.5) is 5.13 Å².